The van der Waals surface area contributed by atoms with E-state index in [1.54, 1.807) is 17.4 Å². The number of anilines is 2. The van der Waals surface area contributed by atoms with Gasteiger partial charge in [0.25, 0.3) is 0 Å². The molecule has 4 heterocycles. The minimum Gasteiger partial charge on any atom is -0.476 e. The number of aromatic nitrogens is 4. The second-order valence-electron chi connectivity index (χ2n) is 8.32. The number of aromatic carboxylic acids is 1. The molecule has 0 aliphatic carbocycles. The molecule has 0 amide bonds. The summed E-state index contributed by atoms with van der Waals surface area (Å²) >= 11 is 7.55. The fraction of sp³-hybridized carbons (Fsp3) is 0.250. The van der Waals surface area contributed by atoms with Gasteiger partial charge in [-0.05, 0) is 37.6 Å². The Morgan fingerprint density at radius 1 is 1.31 bits per heavy atom. The van der Waals surface area contributed by atoms with Crippen molar-refractivity contribution in [3.8, 4) is 6.07 Å². The van der Waals surface area contributed by atoms with E-state index in [-0.39, 0.29) is 22.6 Å². The molecule has 0 fully saturated rings. The van der Waals surface area contributed by atoms with E-state index in [0.29, 0.717) is 29.1 Å². The van der Waals surface area contributed by atoms with Gasteiger partial charge in [0.2, 0.25) is 0 Å². The van der Waals surface area contributed by atoms with Gasteiger partial charge in [-0.2, -0.15) is 5.26 Å². The topological polar surface area (TPSA) is 128 Å². The van der Waals surface area contributed by atoms with Crippen molar-refractivity contribution in [2.24, 2.45) is 0 Å². The molecule has 1 aromatic carbocycles. The molecule has 0 saturated heterocycles. The SMILES string of the molecule is Cc1cc([C@@H](C)Nc2ccc(Cl)nc2C(=O)O)c2nc(N3CCc4scnc4C3)c(C#N)nc2c1. The summed E-state index contributed by atoms with van der Waals surface area (Å²) in [4.78, 5) is 33.0. The maximum atomic E-state index is 11.7. The molecule has 0 spiro atoms. The highest BCUT2D eigenvalue weighted by molar-refractivity contribution is 7.09. The predicted octanol–water partition coefficient (Wildman–Crippen LogP) is 4.75. The number of nitriles is 1. The Morgan fingerprint density at radius 3 is 2.91 bits per heavy atom. The molecular formula is C24H20ClN7O2S. The molecule has 0 saturated carbocycles. The van der Waals surface area contributed by atoms with Crippen LogP contribution in [0.15, 0.2) is 29.8 Å². The van der Waals surface area contributed by atoms with Crippen LogP contribution < -0.4 is 10.2 Å². The normalized spacial score (nSPS) is 13.8. The van der Waals surface area contributed by atoms with Crippen molar-refractivity contribution in [3.63, 3.8) is 0 Å². The van der Waals surface area contributed by atoms with Crippen LogP contribution in [0, 0.1) is 18.3 Å². The summed E-state index contributed by atoms with van der Waals surface area (Å²) in [5.74, 6) is -0.654. The van der Waals surface area contributed by atoms with Crippen molar-refractivity contribution in [2.45, 2.75) is 32.9 Å². The monoisotopic (exact) mass is 505 g/mol. The first-order valence-electron chi connectivity index (χ1n) is 10.9. The zero-order chi connectivity index (χ0) is 24.7. The molecule has 1 aliphatic rings. The van der Waals surface area contributed by atoms with Crippen molar-refractivity contribution in [1.29, 1.82) is 5.26 Å². The smallest absolute Gasteiger partial charge is 0.356 e. The Hall–Kier alpha value is -3.81. The molecule has 176 valence electrons. The van der Waals surface area contributed by atoms with Crippen LogP contribution >= 0.6 is 22.9 Å². The van der Waals surface area contributed by atoms with Gasteiger partial charge < -0.3 is 15.3 Å². The largest absolute Gasteiger partial charge is 0.476 e. The number of fused-ring (bicyclic) bond motifs is 2. The van der Waals surface area contributed by atoms with Gasteiger partial charge in [0.1, 0.15) is 11.2 Å². The first kappa shape index (κ1) is 23.0. The van der Waals surface area contributed by atoms with Crippen molar-refractivity contribution in [2.75, 3.05) is 16.8 Å². The summed E-state index contributed by atoms with van der Waals surface area (Å²) in [6.07, 6.45) is 0.838. The number of carbonyl (C=O) groups is 1. The van der Waals surface area contributed by atoms with Crippen molar-refractivity contribution in [1.82, 2.24) is 19.9 Å². The number of hydrogen-bond acceptors (Lipinski definition) is 9. The molecule has 4 aromatic rings. The molecule has 1 aliphatic heterocycles. The number of aryl methyl sites for hydroxylation is 1. The van der Waals surface area contributed by atoms with Gasteiger partial charge in [-0.15, -0.1) is 11.3 Å². The van der Waals surface area contributed by atoms with Gasteiger partial charge in [-0.25, -0.2) is 24.7 Å². The molecule has 0 bridgehead atoms. The fourth-order valence-electron chi connectivity index (χ4n) is 4.28. The van der Waals surface area contributed by atoms with E-state index in [9.17, 15) is 15.2 Å². The van der Waals surface area contributed by atoms with E-state index in [1.807, 2.05) is 36.4 Å². The van der Waals surface area contributed by atoms with Gasteiger partial charge in [0.05, 0.1) is 40.5 Å². The predicted molar refractivity (Wildman–Crippen MR) is 134 cm³/mol. The first-order valence-corrected chi connectivity index (χ1v) is 12.1. The van der Waals surface area contributed by atoms with Crippen molar-refractivity contribution >= 4 is 51.4 Å². The molecule has 35 heavy (non-hydrogen) atoms. The number of nitrogens with zero attached hydrogens (tertiary/aromatic N) is 6. The lowest BCUT2D eigenvalue weighted by Crippen LogP contribution is -2.31. The van der Waals surface area contributed by atoms with Crippen molar-refractivity contribution in [3.05, 3.63) is 68.0 Å². The average Bonchev–Trinajstić information content (AvgIpc) is 3.31. The number of halogens is 1. The summed E-state index contributed by atoms with van der Waals surface area (Å²) in [6, 6.07) is 8.88. The van der Waals surface area contributed by atoms with Crippen LogP contribution in [0.1, 0.15) is 50.8 Å². The molecule has 11 heteroatoms. The zero-order valence-corrected chi connectivity index (χ0v) is 20.5. The fourth-order valence-corrected chi connectivity index (χ4v) is 5.20. The Kier molecular flexibility index (Phi) is 5.96. The number of nitrogens with one attached hydrogen (secondary N) is 1. The summed E-state index contributed by atoms with van der Waals surface area (Å²) in [6.45, 7) is 5.15. The highest BCUT2D eigenvalue weighted by Gasteiger charge is 2.25. The summed E-state index contributed by atoms with van der Waals surface area (Å²) in [5.41, 5.74) is 6.33. The van der Waals surface area contributed by atoms with Gasteiger partial charge in [0.15, 0.2) is 17.2 Å². The number of hydrogen-bond donors (Lipinski definition) is 2. The number of carboxylic acid groups (broad SMARTS) is 1. The first-order chi connectivity index (χ1) is 16.8. The van der Waals surface area contributed by atoms with Crippen LogP contribution in [0.5, 0.6) is 0 Å². The van der Waals surface area contributed by atoms with Crippen LogP contribution in [0.2, 0.25) is 5.15 Å². The number of thiazole rings is 1. The number of carboxylic acids is 1. The van der Waals surface area contributed by atoms with E-state index in [2.05, 4.69) is 26.3 Å². The second kappa shape index (κ2) is 9.09. The zero-order valence-electron chi connectivity index (χ0n) is 18.9. The van der Waals surface area contributed by atoms with Crippen LogP contribution in [0.25, 0.3) is 11.0 Å². The maximum Gasteiger partial charge on any atom is 0.356 e. The summed E-state index contributed by atoms with van der Waals surface area (Å²) in [5, 5.41) is 22.7. The third kappa shape index (κ3) is 4.36. The minimum absolute atomic E-state index is 0.103. The summed E-state index contributed by atoms with van der Waals surface area (Å²) < 4.78 is 0. The van der Waals surface area contributed by atoms with Crippen molar-refractivity contribution < 1.29 is 9.90 Å². The Labute approximate surface area is 210 Å². The van der Waals surface area contributed by atoms with E-state index in [4.69, 9.17) is 16.6 Å². The number of rotatable bonds is 5. The quantitative estimate of drug-likeness (QED) is 0.369. The molecule has 2 N–H and O–H groups in total. The lowest BCUT2D eigenvalue weighted by atomic mass is 10.0. The van der Waals surface area contributed by atoms with Crippen LogP contribution in [0.4, 0.5) is 11.5 Å². The number of pyridine rings is 1. The minimum atomic E-state index is -1.18. The van der Waals surface area contributed by atoms with Crippen LogP contribution in [0.3, 0.4) is 0 Å². The number of benzene rings is 1. The highest BCUT2D eigenvalue weighted by Crippen LogP contribution is 2.32. The third-order valence-electron chi connectivity index (χ3n) is 5.91. The van der Waals surface area contributed by atoms with E-state index < -0.39 is 5.97 Å². The molecule has 5 rings (SSSR count). The Balaban J connectivity index is 1.58. The van der Waals surface area contributed by atoms with Gasteiger partial charge >= 0.3 is 5.97 Å². The highest BCUT2D eigenvalue weighted by atomic mass is 35.5. The molecule has 3 aromatic heterocycles. The Morgan fingerprint density at radius 2 is 2.14 bits per heavy atom. The molecule has 9 nitrogen and oxygen atoms in total. The maximum absolute atomic E-state index is 11.7. The van der Waals surface area contributed by atoms with E-state index in [1.165, 1.54) is 10.9 Å². The lowest BCUT2D eigenvalue weighted by molar-refractivity contribution is 0.0691. The van der Waals surface area contributed by atoms with Gasteiger partial charge in [-0.1, -0.05) is 17.7 Å². The molecule has 0 unspecified atom stereocenters. The van der Waals surface area contributed by atoms with Gasteiger partial charge in [-0.3, -0.25) is 0 Å². The van der Waals surface area contributed by atoms with E-state index >= 15 is 0 Å². The Bertz CT molecular complexity index is 1510. The average molecular weight is 506 g/mol. The van der Waals surface area contributed by atoms with E-state index in [0.717, 1.165) is 29.8 Å². The summed E-state index contributed by atoms with van der Waals surface area (Å²) in [7, 11) is 0. The second-order valence-corrected chi connectivity index (χ2v) is 9.65. The molecule has 0 radical (unpaired) electrons. The standard InChI is InChI=1S/C24H20ClN7O2S/c1-12-7-14(13(2)28-15-3-4-20(25)30-22(15)24(33)34)21-16(8-12)29-17(9-26)23(31-21)32-6-5-19-18(10-32)27-11-35-19/h3-4,7-8,11,13,28H,5-6,10H2,1-2H3,(H,33,34)/t13-/m1/s1. The lowest BCUT2D eigenvalue weighted by Gasteiger charge is -2.28. The molecular weight excluding hydrogens is 486 g/mol. The third-order valence-corrected chi connectivity index (χ3v) is 7.05. The van der Waals surface area contributed by atoms with Crippen LogP contribution in [-0.2, 0) is 13.0 Å². The molecule has 1 atom stereocenters. The van der Waals surface area contributed by atoms with Crippen LogP contribution in [-0.4, -0.2) is 37.6 Å². The van der Waals surface area contributed by atoms with Gasteiger partial charge in [0, 0.05) is 23.4 Å².